The first-order valence-electron chi connectivity index (χ1n) is 13.4. The lowest BCUT2D eigenvalue weighted by Gasteiger charge is -2.37. The van der Waals surface area contributed by atoms with Crippen LogP contribution in [0.15, 0.2) is 41.3 Å². The lowest BCUT2D eigenvalue weighted by Crippen LogP contribution is -2.50. The number of aliphatic hydroxyl groups excluding tert-OH is 1. The molecule has 1 fully saturated rings. The van der Waals surface area contributed by atoms with Crippen LogP contribution in [0.5, 0.6) is 5.75 Å². The predicted molar refractivity (Wildman–Crippen MR) is 147 cm³/mol. The molecule has 0 saturated heterocycles. The molecule has 2 aliphatic rings. The van der Waals surface area contributed by atoms with Crippen LogP contribution in [0.1, 0.15) is 45.1 Å². The molecular weight excluding hydrogens is 540 g/mol. The van der Waals surface area contributed by atoms with Crippen molar-refractivity contribution in [2.24, 2.45) is 11.8 Å². The van der Waals surface area contributed by atoms with Gasteiger partial charge in [0.2, 0.25) is 10.0 Å². The van der Waals surface area contributed by atoms with E-state index in [1.54, 1.807) is 26.0 Å². The smallest absolute Gasteiger partial charge is 0.321 e. The highest BCUT2D eigenvalue weighted by atomic mass is 32.2. The van der Waals surface area contributed by atoms with Gasteiger partial charge in [0.15, 0.2) is 0 Å². The number of sulfonamides is 1. The lowest BCUT2D eigenvalue weighted by molar-refractivity contribution is 0.0830. The molecule has 3 atom stereocenters. The van der Waals surface area contributed by atoms with Gasteiger partial charge < -0.3 is 20.1 Å². The fourth-order valence-electron chi connectivity index (χ4n) is 4.93. The van der Waals surface area contributed by atoms with E-state index < -0.39 is 45.8 Å². The van der Waals surface area contributed by atoms with Crippen LogP contribution in [0, 0.1) is 35.3 Å². The van der Waals surface area contributed by atoms with E-state index in [1.807, 2.05) is 0 Å². The highest BCUT2D eigenvalue weighted by molar-refractivity contribution is 7.89. The van der Waals surface area contributed by atoms with Gasteiger partial charge in [0.1, 0.15) is 28.4 Å². The van der Waals surface area contributed by atoms with Crippen molar-refractivity contribution in [2.45, 2.75) is 56.6 Å². The number of halogens is 2. The zero-order valence-electron chi connectivity index (χ0n) is 22.9. The Kier molecular flexibility index (Phi) is 9.33. The summed E-state index contributed by atoms with van der Waals surface area (Å²) in [5.74, 6) is 4.96. The molecule has 1 aliphatic heterocycles. The van der Waals surface area contributed by atoms with Crippen LogP contribution in [0.2, 0.25) is 0 Å². The van der Waals surface area contributed by atoms with Crippen molar-refractivity contribution in [1.82, 2.24) is 9.21 Å². The summed E-state index contributed by atoms with van der Waals surface area (Å²) in [7, 11) is -2.54. The number of aliphatic hydroxyl groups is 1. The van der Waals surface area contributed by atoms with Gasteiger partial charge in [-0.15, -0.1) is 0 Å². The molecule has 2 N–H and O–H groups in total. The van der Waals surface area contributed by atoms with Crippen LogP contribution < -0.4 is 10.1 Å². The summed E-state index contributed by atoms with van der Waals surface area (Å²) in [6.45, 7) is 3.09. The van der Waals surface area contributed by atoms with Crippen molar-refractivity contribution in [2.75, 3.05) is 32.1 Å². The predicted octanol–water partition coefficient (Wildman–Crippen LogP) is 4.44. The number of benzene rings is 2. The van der Waals surface area contributed by atoms with Crippen molar-refractivity contribution >= 4 is 21.7 Å². The Bertz CT molecular complexity index is 1400. The number of ether oxygens (including phenoxy) is 1. The fraction of sp³-hybridized carbons (Fsp3) is 0.483. The van der Waals surface area contributed by atoms with Gasteiger partial charge in [0.05, 0.1) is 18.8 Å². The van der Waals surface area contributed by atoms with E-state index in [-0.39, 0.29) is 36.0 Å². The Morgan fingerprint density at radius 1 is 1.23 bits per heavy atom. The van der Waals surface area contributed by atoms with Crippen LogP contribution in [-0.4, -0.2) is 67.7 Å². The number of rotatable bonds is 5. The maximum absolute atomic E-state index is 14.1. The molecule has 0 bridgehead atoms. The number of nitrogens with one attached hydrogen (secondary N) is 1. The molecule has 2 amide bonds. The number of carbonyl (C=O) groups is 1. The number of anilines is 1. The Labute approximate surface area is 234 Å². The molecular formula is C29H35F2N3O5S. The SMILES string of the molecule is C[C@H](CO)N1C[C@H](C)[C@@H](CN(C)C(=O)Nc2cc(F)ccc2F)Oc2cc(C#CC3CCCC3)ccc2S1(=O)=O. The summed E-state index contributed by atoms with van der Waals surface area (Å²) in [4.78, 5) is 14.1. The summed E-state index contributed by atoms with van der Waals surface area (Å²) in [5.41, 5.74) is 0.315. The van der Waals surface area contributed by atoms with Gasteiger partial charge in [-0.2, -0.15) is 4.31 Å². The molecule has 40 heavy (non-hydrogen) atoms. The Hall–Kier alpha value is -3.20. The normalized spacial score (nSPS) is 21.6. The third-order valence-corrected chi connectivity index (χ3v) is 9.43. The van der Waals surface area contributed by atoms with Gasteiger partial charge in [0.25, 0.3) is 0 Å². The van der Waals surface area contributed by atoms with Crippen LogP contribution >= 0.6 is 0 Å². The van der Waals surface area contributed by atoms with Crippen molar-refractivity contribution < 1.29 is 31.8 Å². The Balaban J connectivity index is 1.64. The highest BCUT2D eigenvalue weighted by Gasteiger charge is 2.38. The number of carbonyl (C=O) groups excluding carboxylic acids is 1. The average Bonchev–Trinajstić information content (AvgIpc) is 3.44. The summed E-state index contributed by atoms with van der Waals surface area (Å²) < 4.78 is 62.5. The van der Waals surface area contributed by atoms with Gasteiger partial charge in [-0.25, -0.2) is 22.0 Å². The molecule has 0 aromatic heterocycles. The number of likely N-dealkylation sites (N-methyl/N-ethyl adjacent to an activating group) is 1. The van der Waals surface area contributed by atoms with Crippen molar-refractivity contribution in [3.8, 4) is 17.6 Å². The van der Waals surface area contributed by atoms with E-state index in [9.17, 15) is 27.1 Å². The van der Waals surface area contributed by atoms with Crippen LogP contribution in [0.25, 0.3) is 0 Å². The maximum atomic E-state index is 14.1. The largest absolute Gasteiger partial charge is 0.487 e. The molecule has 0 unspecified atom stereocenters. The quantitative estimate of drug-likeness (QED) is 0.514. The Morgan fingerprint density at radius 3 is 2.65 bits per heavy atom. The van der Waals surface area contributed by atoms with Gasteiger partial charge in [-0.1, -0.05) is 31.6 Å². The second kappa shape index (κ2) is 12.5. The second-order valence-electron chi connectivity index (χ2n) is 10.6. The van der Waals surface area contributed by atoms with Crippen molar-refractivity contribution in [1.29, 1.82) is 0 Å². The molecule has 4 rings (SSSR count). The number of amides is 2. The molecule has 1 aliphatic carbocycles. The average molecular weight is 576 g/mol. The molecule has 8 nitrogen and oxygen atoms in total. The van der Waals surface area contributed by atoms with E-state index in [0.29, 0.717) is 11.5 Å². The van der Waals surface area contributed by atoms with Crippen LogP contribution in [0.4, 0.5) is 19.3 Å². The summed E-state index contributed by atoms with van der Waals surface area (Å²) in [5, 5.41) is 12.2. The van der Waals surface area contributed by atoms with Gasteiger partial charge >= 0.3 is 6.03 Å². The number of fused-ring (bicyclic) bond motifs is 1. The van der Waals surface area contributed by atoms with Crippen molar-refractivity contribution in [3.05, 3.63) is 53.6 Å². The number of nitrogens with zero attached hydrogens (tertiary/aromatic N) is 2. The lowest BCUT2D eigenvalue weighted by atomic mass is 10.0. The maximum Gasteiger partial charge on any atom is 0.321 e. The van der Waals surface area contributed by atoms with E-state index in [4.69, 9.17) is 4.74 Å². The third kappa shape index (κ3) is 6.74. The fourth-order valence-corrected chi connectivity index (χ4v) is 6.76. The summed E-state index contributed by atoms with van der Waals surface area (Å²) >= 11 is 0. The zero-order valence-corrected chi connectivity index (χ0v) is 23.7. The first-order valence-corrected chi connectivity index (χ1v) is 14.9. The van der Waals surface area contributed by atoms with E-state index in [1.165, 1.54) is 22.3 Å². The molecule has 0 spiro atoms. The standard InChI is InChI=1S/C29H35F2N3O5S/c1-19-16-34(20(2)18-35)40(37,38)28-13-10-22(9-8-21-6-4-5-7-21)14-26(28)39-27(19)17-33(3)29(36)32-25-15-23(30)11-12-24(25)31/h10-15,19-21,27,35H,4-7,16-18H2,1-3H3,(H,32,36)/t19-,20+,27+/m0/s1. The third-order valence-electron chi connectivity index (χ3n) is 7.41. The molecule has 216 valence electrons. The van der Waals surface area contributed by atoms with Crippen LogP contribution in [0.3, 0.4) is 0 Å². The van der Waals surface area contributed by atoms with E-state index in [0.717, 1.165) is 43.9 Å². The van der Waals surface area contributed by atoms with E-state index >= 15 is 0 Å². The zero-order chi connectivity index (χ0) is 29.0. The summed E-state index contributed by atoms with van der Waals surface area (Å²) in [6.07, 6.45) is 3.72. The second-order valence-corrected chi connectivity index (χ2v) is 12.4. The van der Waals surface area contributed by atoms with Gasteiger partial charge in [-0.3, -0.25) is 0 Å². The highest BCUT2D eigenvalue weighted by Crippen LogP contribution is 2.34. The number of hydrogen-bond donors (Lipinski definition) is 2. The topological polar surface area (TPSA) is 99.2 Å². The number of urea groups is 1. The van der Waals surface area contributed by atoms with E-state index in [2.05, 4.69) is 17.2 Å². The molecule has 1 heterocycles. The van der Waals surface area contributed by atoms with Gasteiger partial charge in [0, 0.05) is 43.1 Å². The van der Waals surface area contributed by atoms with Gasteiger partial charge in [-0.05, 0) is 50.1 Å². The van der Waals surface area contributed by atoms with Crippen LogP contribution in [-0.2, 0) is 10.0 Å². The molecule has 2 aromatic rings. The minimum Gasteiger partial charge on any atom is -0.487 e. The van der Waals surface area contributed by atoms with Crippen molar-refractivity contribution in [3.63, 3.8) is 0 Å². The summed E-state index contributed by atoms with van der Waals surface area (Å²) in [6, 6.07) is 6.10. The Morgan fingerprint density at radius 2 is 1.95 bits per heavy atom. The molecule has 11 heteroatoms. The number of hydrogen-bond acceptors (Lipinski definition) is 5. The minimum atomic E-state index is -4.02. The first-order chi connectivity index (χ1) is 19.0. The first kappa shape index (κ1) is 29.8. The monoisotopic (exact) mass is 575 g/mol. The molecule has 0 radical (unpaired) electrons. The minimum absolute atomic E-state index is 0.0166. The molecule has 1 saturated carbocycles. The molecule has 2 aromatic carbocycles.